The number of carboxylic acids is 1. The Morgan fingerprint density at radius 3 is 2.61 bits per heavy atom. The molecule has 1 heterocycles. The highest BCUT2D eigenvalue weighted by Crippen LogP contribution is 2.32. The van der Waals surface area contributed by atoms with E-state index in [9.17, 15) is 4.79 Å². The largest absolute Gasteiger partial charge is 0.481 e. The molecule has 0 aliphatic heterocycles. The fourth-order valence-electron chi connectivity index (χ4n) is 1.69. The summed E-state index contributed by atoms with van der Waals surface area (Å²) in [7, 11) is 0. The molecule has 1 atom stereocenters. The third kappa shape index (κ3) is 4.76. The van der Waals surface area contributed by atoms with Crippen molar-refractivity contribution in [2.45, 2.75) is 26.8 Å². The first kappa shape index (κ1) is 15.8. The molecule has 0 fully saturated rings. The van der Waals surface area contributed by atoms with Gasteiger partial charge in [0.15, 0.2) is 0 Å². The van der Waals surface area contributed by atoms with Crippen LogP contribution in [0.15, 0.2) is 5.38 Å². The minimum absolute atomic E-state index is 0.363. The maximum Gasteiger partial charge on any atom is 0.307 e. The van der Waals surface area contributed by atoms with Crippen LogP contribution in [0.25, 0.3) is 0 Å². The van der Waals surface area contributed by atoms with Crippen LogP contribution in [0.1, 0.15) is 25.8 Å². The lowest BCUT2D eigenvalue weighted by atomic mass is 9.97. The van der Waals surface area contributed by atoms with Gasteiger partial charge in [-0.05, 0) is 23.3 Å². The normalized spacial score (nSPS) is 12.9. The van der Waals surface area contributed by atoms with Crippen LogP contribution in [0.4, 0.5) is 0 Å². The van der Waals surface area contributed by atoms with Crippen molar-refractivity contribution in [1.82, 2.24) is 5.32 Å². The predicted molar refractivity (Wildman–Crippen MR) is 76.6 cm³/mol. The van der Waals surface area contributed by atoms with E-state index >= 15 is 0 Å². The molecule has 0 amide bonds. The first-order valence-corrected chi connectivity index (χ1v) is 7.40. The van der Waals surface area contributed by atoms with E-state index in [4.69, 9.17) is 28.3 Å². The van der Waals surface area contributed by atoms with Crippen molar-refractivity contribution in [1.29, 1.82) is 0 Å². The third-order valence-electron chi connectivity index (χ3n) is 2.57. The van der Waals surface area contributed by atoms with Crippen LogP contribution in [0, 0.1) is 11.8 Å². The van der Waals surface area contributed by atoms with Crippen LogP contribution < -0.4 is 5.32 Å². The number of hydrogen-bond donors (Lipinski definition) is 2. The third-order valence-corrected chi connectivity index (χ3v) is 4.48. The van der Waals surface area contributed by atoms with Crippen molar-refractivity contribution in [3.63, 3.8) is 0 Å². The Labute approximate surface area is 121 Å². The summed E-state index contributed by atoms with van der Waals surface area (Å²) in [4.78, 5) is 11.1. The van der Waals surface area contributed by atoms with E-state index < -0.39 is 5.97 Å². The van der Waals surface area contributed by atoms with Crippen molar-refractivity contribution in [2.24, 2.45) is 11.8 Å². The van der Waals surface area contributed by atoms with Gasteiger partial charge in [-0.25, -0.2) is 0 Å². The van der Waals surface area contributed by atoms with Gasteiger partial charge in [-0.2, -0.15) is 0 Å². The topological polar surface area (TPSA) is 49.3 Å². The van der Waals surface area contributed by atoms with Crippen LogP contribution in [0.3, 0.4) is 0 Å². The lowest BCUT2D eigenvalue weighted by Gasteiger charge is -2.15. The Morgan fingerprint density at radius 1 is 1.50 bits per heavy atom. The lowest BCUT2D eigenvalue weighted by molar-refractivity contribution is -0.142. The van der Waals surface area contributed by atoms with Gasteiger partial charge >= 0.3 is 5.97 Å². The zero-order chi connectivity index (χ0) is 13.7. The molecule has 1 unspecified atom stereocenters. The lowest BCUT2D eigenvalue weighted by Crippen LogP contribution is -2.29. The van der Waals surface area contributed by atoms with E-state index in [1.165, 1.54) is 11.3 Å². The van der Waals surface area contributed by atoms with Crippen molar-refractivity contribution < 1.29 is 9.90 Å². The van der Waals surface area contributed by atoms with E-state index in [1.54, 1.807) is 0 Å². The second kappa shape index (κ2) is 7.34. The summed E-state index contributed by atoms with van der Waals surface area (Å²) < 4.78 is 0.574. The molecule has 0 aliphatic carbocycles. The van der Waals surface area contributed by atoms with Crippen LogP contribution in [-0.2, 0) is 11.3 Å². The van der Waals surface area contributed by atoms with Gasteiger partial charge in [0, 0.05) is 13.1 Å². The molecule has 0 spiro atoms. The SMILES string of the molecule is CC(C)CC(CNCc1csc(Cl)c1Cl)C(=O)O. The molecule has 0 bridgehead atoms. The minimum atomic E-state index is -0.759. The Morgan fingerprint density at radius 2 is 2.17 bits per heavy atom. The Bertz CT molecular complexity index is 407. The number of carbonyl (C=O) groups is 1. The number of aliphatic carboxylic acids is 1. The van der Waals surface area contributed by atoms with Crippen molar-refractivity contribution in [3.8, 4) is 0 Å². The molecule has 2 N–H and O–H groups in total. The molecular formula is C12H17Cl2NO2S. The summed E-state index contributed by atoms with van der Waals surface area (Å²) in [5.74, 6) is -0.754. The molecule has 0 saturated heterocycles. The maximum absolute atomic E-state index is 11.1. The fourth-order valence-corrected chi connectivity index (χ4v) is 2.95. The van der Waals surface area contributed by atoms with Gasteiger partial charge in [-0.3, -0.25) is 4.79 Å². The van der Waals surface area contributed by atoms with Gasteiger partial charge in [-0.1, -0.05) is 37.0 Å². The number of carboxylic acid groups (broad SMARTS) is 1. The zero-order valence-corrected chi connectivity index (χ0v) is 12.7. The van der Waals surface area contributed by atoms with Crippen molar-refractivity contribution >= 4 is 40.5 Å². The van der Waals surface area contributed by atoms with Gasteiger partial charge < -0.3 is 10.4 Å². The molecule has 3 nitrogen and oxygen atoms in total. The van der Waals surface area contributed by atoms with E-state index in [0.29, 0.717) is 34.8 Å². The van der Waals surface area contributed by atoms with E-state index in [-0.39, 0.29) is 5.92 Å². The highest BCUT2D eigenvalue weighted by Gasteiger charge is 2.18. The molecule has 0 saturated carbocycles. The molecule has 0 aliphatic rings. The maximum atomic E-state index is 11.1. The fraction of sp³-hybridized carbons (Fsp3) is 0.583. The van der Waals surface area contributed by atoms with Crippen LogP contribution in [0.5, 0.6) is 0 Å². The summed E-state index contributed by atoms with van der Waals surface area (Å²) in [5.41, 5.74) is 0.917. The predicted octanol–water partition coefficient (Wildman–Crippen LogP) is 3.89. The number of halogens is 2. The average Bonchev–Trinajstić information content (AvgIpc) is 2.58. The Balaban J connectivity index is 2.44. The van der Waals surface area contributed by atoms with Crippen LogP contribution in [-0.4, -0.2) is 17.6 Å². The zero-order valence-electron chi connectivity index (χ0n) is 10.4. The molecule has 1 aromatic heterocycles. The standard InChI is InChI=1S/C12H17Cl2NO2S/c1-7(2)3-8(12(16)17)4-15-5-9-6-18-11(14)10(9)13/h6-8,15H,3-5H2,1-2H3,(H,16,17). The van der Waals surface area contributed by atoms with Gasteiger partial charge in [0.2, 0.25) is 0 Å². The summed E-state index contributed by atoms with van der Waals surface area (Å²) in [6.07, 6.45) is 0.667. The molecule has 1 rings (SSSR count). The molecular weight excluding hydrogens is 293 g/mol. The van der Waals surface area contributed by atoms with Crippen LogP contribution in [0.2, 0.25) is 9.36 Å². The molecule has 1 aromatic rings. The van der Waals surface area contributed by atoms with E-state index in [1.807, 2.05) is 19.2 Å². The molecule has 18 heavy (non-hydrogen) atoms. The highest BCUT2D eigenvalue weighted by molar-refractivity contribution is 7.15. The summed E-state index contributed by atoms with van der Waals surface area (Å²) in [6.45, 7) is 5.03. The van der Waals surface area contributed by atoms with Gasteiger partial charge in [-0.15, -0.1) is 11.3 Å². The quantitative estimate of drug-likeness (QED) is 0.803. The monoisotopic (exact) mass is 309 g/mol. The highest BCUT2D eigenvalue weighted by atomic mass is 35.5. The summed E-state index contributed by atoms with van der Waals surface area (Å²) in [5, 5.41) is 14.7. The Kier molecular flexibility index (Phi) is 6.43. The molecule has 0 radical (unpaired) electrons. The van der Waals surface area contributed by atoms with Crippen LogP contribution >= 0.6 is 34.5 Å². The number of rotatable bonds is 7. The first-order valence-electron chi connectivity index (χ1n) is 5.76. The molecule has 102 valence electrons. The second-order valence-corrected chi connectivity index (χ2v) is 6.50. The summed E-state index contributed by atoms with van der Waals surface area (Å²) >= 11 is 13.2. The average molecular weight is 310 g/mol. The van der Waals surface area contributed by atoms with Gasteiger partial charge in [0.1, 0.15) is 4.34 Å². The Hall–Kier alpha value is -0.290. The number of thiophene rings is 1. The van der Waals surface area contributed by atoms with Crippen molar-refractivity contribution in [3.05, 3.63) is 20.3 Å². The van der Waals surface area contributed by atoms with Crippen molar-refractivity contribution in [2.75, 3.05) is 6.54 Å². The number of nitrogens with one attached hydrogen (secondary N) is 1. The summed E-state index contributed by atoms with van der Waals surface area (Å²) in [6, 6.07) is 0. The second-order valence-electron chi connectivity index (χ2n) is 4.64. The molecule has 0 aromatic carbocycles. The van der Waals surface area contributed by atoms with E-state index in [0.717, 1.165) is 5.56 Å². The smallest absolute Gasteiger partial charge is 0.307 e. The van der Waals surface area contributed by atoms with E-state index in [2.05, 4.69) is 5.32 Å². The first-order chi connectivity index (χ1) is 8.41. The molecule has 6 heteroatoms. The minimum Gasteiger partial charge on any atom is -0.481 e. The number of hydrogen-bond acceptors (Lipinski definition) is 3. The van der Waals surface area contributed by atoms with Gasteiger partial charge in [0.05, 0.1) is 10.9 Å². The van der Waals surface area contributed by atoms with Gasteiger partial charge in [0.25, 0.3) is 0 Å².